The van der Waals surface area contributed by atoms with Gasteiger partial charge in [-0.25, -0.2) is 0 Å². The average molecular weight is 359 g/mol. The molecule has 0 heterocycles. The molecule has 3 nitrogen and oxygen atoms in total. The first kappa shape index (κ1) is 15.3. The van der Waals surface area contributed by atoms with E-state index >= 15 is 0 Å². The van der Waals surface area contributed by atoms with E-state index in [4.69, 9.17) is 0 Å². The van der Waals surface area contributed by atoms with Gasteiger partial charge in [0.1, 0.15) is 0 Å². The molecule has 0 saturated carbocycles. The lowest BCUT2D eigenvalue weighted by Gasteiger charge is -2.14. The van der Waals surface area contributed by atoms with Crippen LogP contribution in [0.25, 0.3) is 0 Å². The van der Waals surface area contributed by atoms with Gasteiger partial charge in [0.2, 0.25) is 5.91 Å². The number of fused-ring (bicyclic) bond motifs is 1. The van der Waals surface area contributed by atoms with Crippen LogP contribution in [0.4, 0.5) is 5.69 Å². The van der Waals surface area contributed by atoms with E-state index in [-0.39, 0.29) is 5.91 Å². The van der Waals surface area contributed by atoms with Gasteiger partial charge >= 0.3 is 0 Å². The largest absolute Gasteiger partial charge is 0.326 e. The summed E-state index contributed by atoms with van der Waals surface area (Å²) in [6.07, 6.45) is 2.26. The third kappa shape index (κ3) is 3.39. The Morgan fingerprint density at radius 3 is 2.73 bits per heavy atom. The zero-order chi connectivity index (χ0) is 15.5. The fraction of sp³-hybridized carbons (Fsp3) is 0.278. The maximum atomic E-state index is 11.0. The van der Waals surface area contributed by atoms with Crippen LogP contribution in [0.1, 0.15) is 36.1 Å². The van der Waals surface area contributed by atoms with Gasteiger partial charge in [-0.2, -0.15) is 0 Å². The Balaban J connectivity index is 1.62. The molecule has 0 radical (unpaired) electrons. The molecule has 114 valence electrons. The number of benzene rings is 2. The van der Waals surface area contributed by atoms with Crippen molar-refractivity contribution in [2.75, 3.05) is 5.32 Å². The van der Waals surface area contributed by atoms with E-state index in [1.54, 1.807) is 0 Å². The fourth-order valence-electron chi connectivity index (χ4n) is 2.97. The van der Waals surface area contributed by atoms with E-state index in [2.05, 4.69) is 56.9 Å². The third-order valence-electron chi connectivity index (χ3n) is 4.04. The highest BCUT2D eigenvalue weighted by Gasteiger charge is 2.23. The number of amides is 1. The predicted molar refractivity (Wildman–Crippen MR) is 92.8 cm³/mol. The number of nitrogens with one attached hydrogen (secondary N) is 2. The molecule has 3 rings (SSSR count). The molecule has 4 heteroatoms. The van der Waals surface area contributed by atoms with Crippen LogP contribution in [-0.4, -0.2) is 5.91 Å². The highest BCUT2D eigenvalue weighted by molar-refractivity contribution is 9.10. The highest BCUT2D eigenvalue weighted by Crippen LogP contribution is 2.35. The molecule has 2 aromatic carbocycles. The molecule has 1 aliphatic carbocycles. The number of carbonyl (C=O) groups is 1. The zero-order valence-corrected chi connectivity index (χ0v) is 14.1. The van der Waals surface area contributed by atoms with Crippen LogP contribution in [0.15, 0.2) is 46.9 Å². The van der Waals surface area contributed by atoms with Gasteiger partial charge < -0.3 is 10.6 Å². The molecule has 0 fully saturated rings. The lowest BCUT2D eigenvalue weighted by molar-refractivity contribution is -0.114. The third-order valence-corrected chi connectivity index (χ3v) is 4.78. The summed E-state index contributed by atoms with van der Waals surface area (Å²) < 4.78 is 1.22. The van der Waals surface area contributed by atoms with Crippen LogP contribution in [0.3, 0.4) is 0 Å². The maximum absolute atomic E-state index is 11.0. The molecule has 1 aliphatic rings. The van der Waals surface area contributed by atoms with Crippen molar-refractivity contribution in [3.8, 4) is 0 Å². The van der Waals surface area contributed by atoms with Crippen LogP contribution in [0.2, 0.25) is 0 Å². The normalized spacial score (nSPS) is 16.4. The molecule has 1 unspecified atom stereocenters. The maximum Gasteiger partial charge on any atom is 0.221 e. The predicted octanol–water partition coefficient (Wildman–Crippen LogP) is 4.18. The van der Waals surface area contributed by atoms with Gasteiger partial charge in [0, 0.05) is 29.7 Å². The Bertz CT molecular complexity index is 682. The van der Waals surface area contributed by atoms with E-state index in [0.717, 1.165) is 25.1 Å². The van der Waals surface area contributed by atoms with Crippen LogP contribution in [-0.2, 0) is 17.8 Å². The number of rotatable bonds is 4. The first-order valence-electron chi connectivity index (χ1n) is 7.50. The van der Waals surface area contributed by atoms with Crippen molar-refractivity contribution in [2.45, 2.75) is 32.4 Å². The monoisotopic (exact) mass is 358 g/mol. The van der Waals surface area contributed by atoms with E-state index in [9.17, 15) is 4.79 Å². The Labute approximate surface area is 139 Å². The first-order valence-corrected chi connectivity index (χ1v) is 8.30. The number of halogens is 1. The van der Waals surface area contributed by atoms with E-state index in [1.807, 2.05) is 12.1 Å². The highest BCUT2D eigenvalue weighted by atomic mass is 79.9. The molecule has 1 amide bonds. The summed E-state index contributed by atoms with van der Waals surface area (Å²) in [6.45, 7) is 2.35. The van der Waals surface area contributed by atoms with Crippen molar-refractivity contribution in [2.24, 2.45) is 0 Å². The van der Waals surface area contributed by atoms with Crippen molar-refractivity contribution in [1.82, 2.24) is 5.32 Å². The van der Waals surface area contributed by atoms with E-state index in [0.29, 0.717) is 6.04 Å². The summed E-state index contributed by atoms with van der Waals surface area (Å²) >= 11 is 3.64. The quantitative estimate of drug-likeness (QED) is 0.860. The second-order valence-corrected chi connectivity index (χ2v) is 6.51. The summed E-state index contributed by atoms with van der Waals surface area (Å²) in [5.74, 6) is -0.0426. The average Bonchev–Trinajstić information content (AvgIpc) is 2.91. The molecular formula is C18H19BrN2O. The Hall–Kier alpha value is -1.65. The fourth-order valence-corrected chi connectivity index (χ4v) is 3.55. The second kappa shape index (κ2) is 6.63. The van der Waals surface area contributed by atoms with Gasteiger partial charge in [0.25, 0.3) is 0 Å². The van der Waals surface area contributed by atoms with Crippen LogP contribution < -0.4 is 10.6 Å². The van der Waals surface area contributed by atoms with Gasteiger partial charge in [0.15, 0.2) is 0 Å². The molecule has 2 N–H and O–H groups in total. The van der Waals surface area contributed by atoms with Gasteiger partial charge in [0.05, 0.1) is 0 Å². The Morgan fingerprint density at radius 1 is 1.23 bits per heavy atom. The van der Waals surface area contributed by atoms with Gasteiger partial charge in [-0.05, 0) is 47.7 Å². The lowest BCUT2D eigenvalue weighted by Crippen LogP contribution is -2.18. The minimum atomic E-state index is -0.0426. The van der Waals surface area contributed by atoms with Gasteiger partial charge in [-0.15, -0.1) is 0 Å². The molecule has 0 aromatic heterocycles. The topological polar surface area (TPSA) is 41.1 Å². The van der Waals surface area contributed by atoms with Crippen molar-refractivity contribution in [3.63, 3.8) is 0 Å². The smallest absolute Gasteiger partial charge is 0.221 e. The Kier molecular flexibility index (Phi) is 4.60. The molecule has 0 bridgehead atoms. The second-order valence-electron chi connectivity index (χ2n) is 5.66. The van der Waals surface area contributed by atoms with Crippen LogP contribution in [0.5, 0.6) is 0 Å². The summed E-state index contributed by atoms with van der Waals surface area (Å²) in [7, 11) is 0. The number of hydrogen-bond donors (Lipinski definition) is 2. The Morgan fingerprint density at radius 2 is 2.00 bits per heavy atom. The number of anilines is 1. The molecule has 0 spiro atoms. The van der Waals surface area contributed by atoms with Gasteiger partial charge in [-0.1, -0.05) is 40.2 Å². The minimum absolute atomic E-state index is 0.0426. The first-order chi connectivity index (χ1) is 10.6. The van der Waals surface area contributed by atoms with Gasteiger partial charge in [-0.3, -0.25) is 4.79 Å². The molecule has 0 saturated heterocycles. The van der Waals surface area contributed by atoms with Crippen molar-refractivity contribution < 1.29 is 4.79 Å². The van der Waals surface area contributed by atoms with Crippen LogP contribution >= 0.6 is 15.9 Å². The van der Waals surface area contributed by atoms with E-state index < -0.39 is 0 Å². The van der Waals surface area contributed by atoms with Crippen molar-refractivity contribution in [1.29, 1.82) is 0 Å². The lowest BCUT2D eigenvalue weighted by atomic mass is 10.1. The number of hydrogen-bond acceptors (Lipinski definition) is 2. The van der Waals surface area contributed by atoms with E-state index in [1.165, 1.54) is 28.1 Å². The summed E-state index contributed by atoms with van der Waals surface area (Å²) in [4.78, 5) is 11.0. The standard InChI is InChI=1S/C18H19BrN2O/c1-12(22)21-14-7-5-13(6-8-14)11-20-18-10-9-15-16(18)3-2-4-17(15)19/h2-8,18,20H,9-11H2,1H3,(H,21,22). The summed E-state index contributed by atoms with van der Waals surface area (Å²) in [6, 6.07) is 14.8. The molecule has 1 atom stereocenters. The zero-order valence-electron chi connectivity index (χ0n) is 12.5. The van der Waals surface area contributed by atoms with Crippen LogP contribution in [0, 0.1) is 0 Å². The van der Waals surface area contributed by atoms with Crippen molar-refractivity contribution >= 4 is 27.5 Å². The minimum Gasteiger partial charge on any atom is -0.326 e. The molecule has 0 aliphatic heterocycles. The van der Waals surface area contributed by atoms with Crippen molar-refractivity contribution in [3.05, 3.63) is 63.6 Å². The molecular weight excluding hydrogens is 340 g/mol. The number of carbonyl (C=O) groups excluding carboxylic acids is 1. The molecule has 2 aromatic rings. The summed E-state index contributed by atoms with van der Waals surface area (Å²) in [5.41, 5.74) is 4.90. The summed E-state index contributed by atoms with van der Waals surface area (Å²) in [5, 5.41) is 6.42. The molecule has 22 heavy (non-hydrogen) atoms. The SMILES string of the molecule is CC(=O)Nc1ccc(CNC2CCc3c(Br)cccc32)cc1.